The van der Waals surface area contributed by atoms with E-state index in [1.165, 1.54) is 5.56 Å². The fourth-order valence-electron chi connectivity index (χ4n) is 1.47. The van der Waals surface area contributed by atoms with Crippen LogP contribution in [-0.4, -0.2) is 14.8 Å². The predicted octanol–water partition coefficient (Wildman–Crippen LogP) is 2.99. The molecule has 0 amide bonds. The molecular formula is C11H13Cl2N3. The van der Waals surface area contributed by atoms with Crippen molar-refractivity contribution < 1.29 is 0 Å². The van der Waals surface area contributed by atoms with Gasteiger partial charge in [0.15, 0.2) is 0 Å². The highest BCUT2D eigenvalue weighted by atomic mass is 35.5. The molecule has 86 valence electrons. The normalized spacial score (nSPS) is 9.81. The van der Waals surface area contributed by atoms with Crippen molar-refractivity contribution in [2.24, 2.45) is 0 Å². The molecule has 0 radical (unpaired) electrons. The average molecular weight is 258 g/mol. The Kier molecular flexibility index (Phi) is 5.29. The van der Waals surface area contributed by atoms with Crippen LogP contribution in [0.25, 0.3) is 0 Å². The van der Waals surface area contributed by atoms with Crippen LogP contribution in [0.3, 0.4) is 0 Å². The van der Waals surface area contributed by atoms with Crippen molar-refractivity contribution in [3.05, 3.63) is 47.5 Å². The lowest BCUT2D eigenvalue weighted by atomic mass is 10.1. The minimum Gasteiger partial charge on any atom is -0.251 e. The van der Waals surface area contributed by atoms with Gasteiger partial charge in [-0.15, -0.1) is 17.5 Å². The number of aryl methyl sites for hydroxylation is 2. The van der Waals surface area contributed by atoms with Crippen LogP contribution < -0.4 is 0 Å². The number of halogens is 2. The van der Waals surface area contributed by atoms with Gasteiger partial charge in [-0.2, -0.15) is 0 Å². The smallest absolute Gasteiger partial charge is 0.242 e. The molecule has 5 heteroatoms. The van der Waals surface area contributed by atoms with Crippen LogP contribution in [0, 0.1) is 0 Å². The van der Waals surface area contributed by atoms with Gasteiger partial charge in [0, 0.05) is 6.54 Å². The van der Waals surface area contributed by atoms with Gasteiger partial charge in [-0.1, -0.05) is 30.3 Å². The molecule has 0 aliphatic rings. The van der Waals surface area contributed by atoms with Crippen molar-refractivity contribution in [3.63, 3.8) is 0 Å². The average Bonchev–Trinajstić information content (AvgIpc) is 2.66. The third kappa shape index (κ3) is 3.83. The molecule has 0 unspecified atom stereocenters. The second-order valence-corrected chi connectivity index (χ2v) is 3.70. The zero-order valence-corrected chi connectivity index (χ0v) is 10.3. The van der Waals surface area contributed by atoms with Gasteiger partial charge in [0.05, 0.1) is 0 Å². The summed E-state index contributed by atoms with van der Waals surface area (Å²) >= 11 is 5.61. The minimum absolute atomic E-state index is 0. The van der Waals surface area contributed by atoms with Crippen molar-refractivity contribution >= 4 is 24.0 Å². The van der Waals surface area contributed by atoms with Gasteiger partial charge >= 0.3 is 0 Å². The van der Waals surface area contributed by atoms with Crippen LogP contribution >= 0.6 is 24.0 Å². The topological polar surface area (TPSA) is 30.7 Å². The molecule has 0 aliphatic carbocycles. The maximum Gasteiger partial charge on any atom is 0.242 e. The molecule has 0 bridgehead atoms. The molecule has 3 nitrogen and oxygen atoms in total. The van der Waals surface area contributed by atoms with Crippen molar-refractivity contribution in [1.82, 2.24) is 14.8 Å². The van der Waals surface area contributed by atoms with Gasteiger partial charge in [0.2, 0.25) is 5.28 Å². The standard InChI is InChI=1S/C11H12ClN3.ClH/c12-11-13-9-15(14-11)8-4-7-10-5-2-1-3-6-10;/h1-3,5-6,9H,4,7-8H2;1H. The lowest BCUT2D eigenvalue weighted by Crippen LogP contribution is -1.99. The van der Waals surface area contributed by atoms with Crippen LogP contribution in [0.15, 0.2) is 36.7 Å². The van der Waals surface area contributed by atoms with E-state index in [0.717, 1.165) is 19.4 Å². The number of nitrogens with zero attached hydrogens (tertiary/aromatic N) is 3. The Bertz CT molecular complexity index is 414. The van der Waals surface area contributed by atoms with E-state index >= 15 is 0 Å². The van der Waals surface area contributed by atoms with Gasteiger partial charge in [-0.3, -0.25) is 4.68 Å². The van der Waals surface area contributed by atoms with Crippen molar-refractivity contribution in [3.8, 4) is 0 Å². The van der Waals surface area contributed by atoms with Crippen LogP contribution in [0.5, 0.6) is 0 Å². The summed E-state index contributed by atoms with van der Waals surface area (Å²) in [4.78, 5) is 3.86. The molecular weight excluding hydrogens is 245 g/mol. The Labute approximate surface area is 106 Å². The van der Waals surface area contributed by atoms with E-state index in [9.17, 15) is 0 Å². The first-order valence-corrected chi connectivity index (χ1v) is 5.31. The molecule has 1 heterocycles. The summed E-state index contributed by atoms with van der Waals surface area (Å²) in [6.45, 7) is 0.856. The van der Waals surface area contributed by atoms with E-state index in [4.69, 9.17) is 11.6 Å². The first kappa shape index (κ1) is 13.0. The molecule has 0 saturated carbocycles. The summed E-state index contributed by atoms with van der Waals surface area (Å²) in [5, 5.41) is 4.33. The summed E-state index contributed by atoms with van der Waals surface area (Å²) in [6.07, 6.45) is 3.76. The van der Waals surface area contributed by atoms with Crippen LogP contribution in [0.1, 0.15) is 12.0 Å². The van der Waals surface area contributed by atoms with E-state index < -0.39 is 0 Å². The van der Waals surface area contributed by atoms with Crippen LogP contribution in [0.4, 0.5) is 0 Å². The third-order valence-corrected chi connectivity index (χ3v) is 2.38. The maximum atomic E-state index is 5.61. The number of aromatic nitrogens is 3. The van der Waals surface area contributed by atoms with E-state index in [1.807, 2.05) is 6.07 Å². The first-order valence-electron chi connectivity index (χ1n) is 4.93. The molecule has 1 aromatic heterocycles. The van der Waals surface area contributed by atoms with Gasteiger partial charge in [-0.05, 0) is 30.0 Å². The molecule has 2 aromatic rings. The quantitative estimate of drug-likeness (QED) is 0.844. The highest BCUT2D eigenvalue weighted by Crippen LogP contribution is 2.04. The van der Waals surface area contributed by atoms with Gasteiger partial charge in [0.25, 0.3) is 0 Å². The van der Waals surface area contributed by atoms with Crippen molar-refractivity contribution in [1.29, 1.82) is 0 Å². The number of rotatable bonds is 4. The predicted molar refractivity (Wildman–Crippen MR) is 67.0 cm³/mol. The largest absolute Gasteiger partial charge is 0.251 e. The van der Waals surface area contributed by atoms with Crippen LogP contribution in [-0.2, 0) is 13.0 Å². The second-order valence-electron chi connectivity index (χ2n) is 3.37. The summed E-state index contributed by atoms with van der Waals surface area (Å²) in [7, 11) is 0. The van der Waals surface area contributed by atoms with E-state index in [1.54, 1.807) is 11.0 Å². The Morgan fingerprint density at radius 2 is 1.94 bits per heavy atom. The van der Waals surface area contributed by atoms with Crippen molar-refractivity contribution in [2.45, 2.75) is 19.4 Å². The molecule has 1 aromatic carbocycles. The van der Waals surface area contributed by atoms with Gasteiger partial charge in [-0.25, -0.2) is 4.98 Å². The first-order chi connectivity index (χ1) is 7.34. The molecule has 0 saturated heterocycles. The van der Waals surface area contributed by atoms with E-state index in [0.29, 0.717) is 5.28 Å². The molecule has 2 rings (SSSR count). The Balaban J connectivity index is 0.00000128. The molecule has 0 fully saturated rings. The Morgan fingerprint density at radius 3 is 2.56 bits per heavy atom. The number of benzene rings is 1. The molecule has 0 spiro atoms. The Morgan fingerprint density at radius 1 is 1.19 bits per heavy atom. The van der Waals surface area contributed by atoms with E-state index in [-0.39, 0.29) is 12.4 Å². The third-order valence-electron chi connectivity index (χ3n) is 2.20. The fraction of sp³-hybridized carbons (Fsp3) is 0.273. The summed E-state index contributed by atoms with van der Waals surface area (Å²) in [5.41, 5.74) is 1.35. The number of hydrogen-bond donors (Lipinski definition) is 0. The second kappa shape index (κ2) is 6.51. The zero-order chi connectivity index (χ0) is 10.5. The van der Waals surface area contributed by atoms with E-state index in [2.05, 4.69) is 34.3 Å². The lowest BCUT2D eigenvalue weighted by molar-refractivity contribution is 0.577. The van der Waals surface area contributed by atoms with Crippen molar-refractivity contribution in [2.75, 3.05) is 0 Å². The number of hydrogen-bond acceptors (Lipinski definition) is 2. The zero-order valence-electron chi connectivity index (χ0n) is 8.71. The summed E-state index contributed by atoms with van der Waals surface area (Å²) < 4.78 is 1.77. The summed E-state index contributed by atoms with van der Waals surface area (Å²) in [6, 6.07) is 10.4. The monoisotopic (exact) mass is 257 g/mol. The highest BCUT2D eigenvalue weighted by molar-refractivity contribution is 6.28. The molecule has 0 aliphatic heterocycles. The van der Waals surface area contributed by atoms with Gasteiger partial charge < -0.3 is 0 Å². The SMILES string of the molecule is Cl.Clc1ncn(CCCc2ccccc2)n1. The molecule has 0 atom stereocenters. The molecule has 0 N–H and O–H groups in total. The van der Waals surface area contributed by atoms with Gasteiger partial charge in [0.1, 0.15) is 6.33 Å². The highest BCUT2D eigenvalue weighted by Gasteiger charge is 1.97. The fourth-order valence-corrected chi connectivity index (χ4v) is 1.61. The minimum atomic E-state index is 0. The van der Waals surface area contributed by atoms with Crippen LogP contribution in [0.2, 0.25) is 5.28 Å². The summed E-state index contributed by atoms with van der Waals surface area (Å²) in [5.74, 6) is 0. The lowest BCUT2D eigenvalue weighted by Gasteiger charge is -2.00. The Hall–Kier alpha value is -1.06. The molecule has 16 heavy (non-hydrogen) atoms. The maximum absolute atomic E-state index is 5.61.